The third-order valence-corrected chi connectivity index (χ3v) is 5.69. The maximum absolute atomic E-state index is 13.1. The van der Waals surface area contributed by atoms with Gasteiger partial charge in [-0.25, -0.2) is 13.2 Å². The fraction of sp³-hybridized carbons (Fsp3) is 0.188. The molecule has 10 heteroatoms. The first-order valence-corrected chi connectivity index (χ1v) is 8.91. The number of nitro groups is 1. The summed E-state index contributed by atoms with van der Waals surface area (Å²) in [6, 6.07) is 9.63. The Kier molecular flexibility index (Phi) is 4.51. The van der Waals surface area contributed by atoms with E-state index in [-0.39, 0.29) is 18.7 Å². The maximum Gasteiger partial charge on any atom is 0.338 e. The van der Waals surface area contributed by atoms with E-state index in [1.165, 1.54) is 6.07 Å². The third kappa shape index (κ3) is 2.94. The Morgan fingerprint density at radius 2 is 2.00 bits per heavy atom. The number of carbonyl (C=O) groups excluding carboxylic acids is 1. The van der Waals surface area contributed by atoms with Gasteiger partial charge >= 0.3 is 5.97 Å². The Balaban J connectivity index is 2.14. The molecule has 0 spiro atoms. The predicted octanol–water partition coefficient (Wildman–Crippen LogP) is 1.97. The summed E-state index contributed by atoms with van der Waals surface area (Å²) in [6.45, 7) is 0.125. The largest absolute Gasteiger partial charge is 0.489 e. The van der Waals surface area contributed by atoms with Crippen molar-refractivity contribution in [3.05, 3.63) is 58.1 Å². The number of fused-ring (bicyclic) bond motifs is 1. The minimum Gasteiger partial charge on any atom is -0.489 e. The van der Waals surface area contributed by atoms with Crippen LogP contribution in [0.2, 0.25) is 0 Å². The molecule has 0 N–H and O–H groups in total. The monoisotopic (exact) mass is 378 g/mol. The number of anilines is 1. The summed E-state index contributed by atoms with van der Waals surface area (Å²) < 4.78 is 37.2. The van der Waals surface area contributed by atoms with E-state index < -0.39 is 31.5 Å². The second kappa shape index (κ2) is 6.64. The number of nitrogens with zero attached hydrogens (tertiary/aromatic N) is 2. The number of nitro benzene ring substituents is 1. The van der Waals surface area contributed by atoms with Crippen molar-refractivity contribution in [2.24, 2.45) is 0 Å². The number of carbonyl (C=O) groups is 1. The van der Waals surface area contributed by atoms with E-state index in [1.807, 2.05) is 0 Å². The molecule has 0 saturated carbocycles. The van der Waals surface area contributed by atoms with Gasteiger partial charge in [0, 0.05) is 6.07 Å². The number of methoxy groups -OCH3 is 1. The van der Waals surface area contributed by atoms with Crippen LogP contribution in [-0.4, -0.2) is 39.6 Å². The van der Waals surface area contributed by atoms with Crippen LogP contribution in [0.3, 0.4) is 0 Å². The van der Waals surface area contributed by atoms with Gasteiger partial charge in [-0.05, 0) is 24.3 Å². The number of hydrogen-bond donors (Lipinski definition) is 0. The summed E-state index contributed by atoms with van der Waals surface area (Å²) in [4.78, 5) is 21.6. The highest BCUT2D eigenvalue weighted by molar-refractivity contribution is 7.93. The van der Waals surface area contributed by atoms with Crippen LogP contribution in [0.15, 0.2) is 47.4 Å². The average molecular weight is 378 g/mol. The van der Waals surface area contributed by atoms with E-state index in [2.05, 4.69) is 4.74 Å². The second-order valence-electron chi connectivity index (χ2n) is 5.32. The minimum absolute atomic E-state index is 0.00918. The number of benzene rings is 2. The van der Waals surface area contributed by atoms with Crippen LogP contribution in [0.4, 0.5) is 11.4 Å². The highest BCUT2D eigenvalue weighted by atomic mass is 32.2. The number of para-hydroxylation sites is 2. The van der Waals surface area contributed by atoms with Crippen LogP contribution < -0.4 is 9.04 Å². The van der Waals surface area contributed by atoms with E-state index >= 15 is 0 Å². The lowest BCUT2D eigenvalue weighted by atomic mass is 10.2. The molecule has 2 aromatic carbocycles. The van der Waals surface area contributed by atoms with Crippen LogP contribution >= 0.6 is 0 Å². The molecule has 1 heterocycles. The third-order valence-electron chi connectivity index (χ3n) is 3.83. The maximum atomic E-state index is 13.1. The second-order valence-corrected chi connectivity index (χ2v) is 7.16. The van der Waals surface area contributed by atoms with Crippen molar-refractivity contribution < 1.29 is 27.6 Å². The molecule has 0 amide bonds. The van der Waals surface area contributed by atoms with Crippen molar-refractivity contribution in [2.45, 2.75) is 4.90 Å². The molecule has 9 nitrogen and oxygen atoms in total. The molecule has 0 saturated heterocycles. The Morgan fingerprint density at radius 1 is 1.27 bits per heavy atom. The standard InChI is InChI=1S/C16H14N2O7S/c1-24-16(19)11-6-7-15(13(10-11)18(20)21)26(22,23)17-8-9-25-14-5-3-2-4-12(14)17/h2-7,10H,8-9H2,1H3. The van der Waals surface area contributed by atoms with Gasteiger partial charge in [-0.3, -0.25) is 14.4 Å². The van der Waals surface area contributed by atoms with Gasteiger partial charge in [-0.15, -0.1) is 0 Å². The number of rotatable bonds is 4. The molecule has 1 aliphatic heterocycles. The molecule has 3 rings (SSSR count). The first-order chi connectivity index (χ1) is 12.4. The average Bonchev–Trinajstić information content (AvgIpc) is 2.66. The molecule has 0 aromatic heterocycles. The summed E-state index contributed by atoms with van der Waals surface area (Å²) in [7, 11) is -3.11. The molecule has 136 valence electrons. The van der Waals surface area contributed by atoms with E-state index in [0.29, 0.717) is 11.4 Å². The minimum atomic E-state index is -4.24. The van der Waals surface area contributed by atoms with Gasteiger partial charge in [0.15, 0.2) is 4.90 Å². The zero-order valence-electron chi connectivity index (χ0n) is 13.6. The molecule has 0 atom stereocenters. The summed E-state index contributed by atoms with van der Waals surface area (Å²) in [6.07, 6.45) is 0. The number of esters is 1. The molecule has 2 aromatic rings. The van der Waals surface area contributed by atoms with Crippen molar-refractivity contribution >= 4 is 27.4 Å². The molecule has 0 radical (unpaired) electrons. The first kappa shape index (κ1) is 17.7. The van der Waals surface area contributed by atoms with Crippen molar-refractivity contribution in [1.29, 1.82) is 0 Å². The van der Waals surface area contributed by atoms with Crippen LogP contribution in [0.5, 0.6) is 5.75 Å². The Labute approximate surface area is 149 Å². The topological polar surface area (TPSA) is 116 Å². The van der Waals surface area contributed by atoms with E-state index in [0.717, 1.165) is 23.5 Å². The lowest BCUT2D eigenvalue weighted by Crippen LogP contribution is -2.38. The van der Waals surface area contributed by atoms with Gasteiger partial charge < -0.3 is 9.47 Å². The van der Waals surface area contributed by atoms with Gasteiger partial charge in [0.2, 0.25) is 0 Å². The molecule has 0 unspecified atom stereocenters. The first-order valence-electron chi connectivity index (χ1n) is 7.47. The quantitative estimate of drug-likeness (QED) is 0.454. The van der Waals surface area contributed by atoms with Gasteiger partial charge in [0.1, 0.15) is 12.4 Å². The fourth-order valence-corrected chi connectivity index (χ4v) is 4.24. The molecule has 0 bridgehead atoms. The number of sulfonamides is 1. The van der Waals surface area contributed by atoms with Crippen molar-refractivity contribution in [3.63, 3.8) is 0 Å². The summed E-state index contributed by atoms with van der Waals surface area (Å²) in [5.41, 5.74) is -0.512. The molecule has 1 aliphatic rings. The van der Waals surface area contributed by atoms with Gasteiger partial charge in [0.05, 0.1) is 29.8 Å². The fourth-order valence-electron chi connectivity index (χ4n) is 2.64. The summed E-state index contributed by atoms with van der Waals surface area (Å²) in [5, 5.41) is 11.4. The SMILES string of the molecule is COC(=O)c1ccc(S(=O)(=O)N2CCOc3ccccc32)c([N+](=O)[O-])c1. The Morgan fingerprint density at radius 3 is 2.69 bits per heavy atom. The van der Waals surface area contributed by atoms with Crippen molar-refractivity contribution in [1.82, 2.24) is 0 Å². The molecule has 0 fully saturated rings. The number of ether oxygens (including phenoxy) is 2. The normalized spacial score (nSPS) is 13.5. The number of hydrogen-bond acceptors (Lipinski definition) is 7. The van der Waals surface area contributed by atoms with Gasteiger partial charge in [0.25, 0.3) is 15.7 Å². The molecular formula is C16H14N2O7S. The highest BCUT2D eigenvalue weighted by Gasteiger charge is 2.35. The van der Waals surface area contributed by atoms with Gasteiger partial charge in [-0.1, -0.05) is 12.1 Å². The lowest BCUT2D eigenvalue weighted by Gasteiger charge is -2.30. The van der Waals surface area contributed by atoms with Crippen LogP contribution in [-0.2, 0) is 14.8 Å². The predicted molar refractivity (Wildman–Crippen MR) is 90.9 cm³/mol. The van der Waals surface area contributed by atoms with E-state index in [9.17, 15) is 23.3 Å². The Bertz CT molecular complexity index is 988. The van der Waals surface area contributed by atoms with Crippen LogP contribution in [0.1, 0.15) is 10.4 Å². The zero-order chi connectivity index (χ0) is 18.9. The Hall–Kier alpha value is -3.14. The van der Waals surface area contributed by atoms with Gasteiger partial charge in [-0.2, -0.15) is 0 Å². The van der Waals surface area contributed by atoms with Crippen molar-refractivity contribution in [2.75, 3.05) is 24.6 Å². The zero-order valence-corrected chi connectivity index (χ0v) is 14.4. The van der Waals surface area contributed by atoms with Crippen LogP contribution in [0.25, 0.3) is 0 Å². The lowest BCUT2D eigenvalue weighted by molar-refractivity contribution is -0.387. The van der Waals surface area contributed by atoms with Crippen LogP contribution in [0, 0.1) is 10.1 Å². The smallest absolute Gasteiger partial charge is 0.338 e. The highest BCUT2D eigenvalue weighted by Crippen LogP contribution is 2.37. The van der Waals surface area contributed by atoms with E-state index in [4.69, 9.17) is 4.74 Å². The molecular weight excluding hydrogens is 364 g/mol. The van der Waals surface area contributed by atoms with Crippen molar-refractivity contribution in [3.8, 4) is 5.75 Å². The summed E-state index contributed by atoms with van der Waals surface area (Å²) in [5.74, 6) is -0.426. The molecule has 26 heavy (non-hydrogen) atoms. The van der Waals surface area contributed by atoms with E-state index in [1.54, 1.807) is 24.3 Å². The molecule has 0 aliphatic carbocycles. The summed E-state index contributed by atoms with van der Waals surface area (Å²) >= 11 is 0.